The zero-order valence-electron chi connectivity index (χ0n) is 7.54. The Bertz CT molecular complexity index is 155. The Morgan fingerprint density at radius 3 is 2.92 bits per heavy atom. The molecule has 0 aliphatic heterocycles. The maximum Gasteiger partial charge on any atom is 0.283 e. The van der Waals surface area contributed by atoms with Crippen molar-refractivity contribution < 1.29 is 14.5 Å². The van der Waals surface area contributed by atoms with E-state index in [1.165, 1.54) is 0 Å². The van der Waals surface area contributed by atoms with Crippen molar-refractivity contribution in [1.29, 1.82) is 0 Å². The Kier molecular flexibility index (Phi) is 8.59. The van der Waals surface area contributed by atoms with Crippen LogP contribution in [0.4, 0.5) is 0 Å². The van der Waals surface area contributed by atoms with E-state index in [0.717, 1.165) is 19.3 Å². The average molecular weight is 206 g/mol. The molecule has 0 bridgehead atoms. The number of ether oxygens (including phenoxy) is 1. The molecular weight excluding hydrogens is 192 g/mol. The lowest BCUT2D eigenvalue weighted by Crippen LogP contribution is -2.30. The van der Waals surface area contributed by atoms with Crippen LogP contribution in [0.5, 0.6) is 0 Å². The Labute approximate surface area is 82.7 Å². The summed E-state index contributed by atoms with van der Waals surface area (Å²) in [7, 11) is 0. The molecule has 0 fully saturated rings. The summed E-state index contributed by atoms with van der Waals surface area (Å²) in [6.45, 7) is 2.66. The predicted octanol–water partition coefficient (Wildman–Crippen LogP) is 0.660. The fourth-order valence-corrected chi connectivity index (χ4v) is 0.767. The number of hydrogen-bond acceptors (Lipinski definition) is 4. The number of thiocarbonyl (C=S) groups is 1. The number of carbonyl (C=O) groups is 1. The van der Waals surface area contributed by atoms with Crippen LogP contribution in [0.1, 0.15) is 26.2 Å². The summed E-state index contributed by atoms with van der Waals surface area (Å²) in [6, 6.07) is 0. The van der Waals surface area contributed by atoms with Gasteiger partial charge < -0.3 is 4.74 Å². The van der Waals surface area contributed by atoms with E-state index in [0.29, 0.717) is 13.0 Å². The van der Waals surface area contributed by atoms with E-state index >= 15 is 0 Å². The Morgan fingerprint density at radius 1 is 1.54 bits per heavy atom. The van der Waals surface area contributed by atoms with Gasteiger partial charge in [0.1, 0.15) is 0 Å². The van der Waals surface area contributed by atoms with Crippen LogP contribution in [0.15, 0.2) is 0 Å². The minimum atomic E-state index is 0.116. The highest BCUT2D eigenvalue weighted by molar-refractivity contribution is 7.80. The van der Waals surface area contributed by atoms with Crippen LogP contribution in [-0.2, 0) is 14.5 Å². The van der Waals surface area contributed by atoms with Crippen molar-refractivity contribution in [2.75, 3.05) is 6.61 Å². The van der Waals surface area contributed by atoms with E-state index in [-0.39, 0.29) is 5.17 Å². The highest BCUT2D eigenvalue weighted by Gasteiger charge is 1.95. The van der Waals surface area contributed by atoms with Crippen molar-refractivity contribution in [2.24, 2.45) is 0 Å². The summed E-state index contributed by atoms with van der Waals surface area (Å²) in [5.41, 5.74) is 4.15. The number of rotatable bonds is 7. The van der Waals surface area contributed by atoms with Gasteiger partial charge in [0, 0.05) is 0 Å². The molecule has 76 valence electrons. The normalized spacial score (nSPS) is 9.00. The van der Waals surface area contributed by atoms with Gasteiger partial charge in [0.2, 0.25) is 6.41 Å². The fraction of sp³-hybridized carbons (Fsp3) is 0.714. The second-order valence-corrected chi connectivity index (χ2v) is 2.65. The van der Waals surface area contributed by atoms with Crippen LogP contribution in [0.3, 0.4) is 0 Å². The average Bonchev–Trinajstić information content (AvgIpc) is 2.13. The highest BCUT2D eigenvalue weighted by Crippen LogP contribution is 1.94. The van der Waals surface area contributed by atoms with Crippen molar-refractivity contribution in [3.63, 3.8) is 0 Å². The summed E-state index contributed by atoms with van der Waals surface area (Å²) >= 11 is 4.70. The lowest BCUT2D eigenvalue weighted by Gasteiger charge is -2.07. The molecule has 2 N–H and O–H groups in total. The maximum atomic E-state index is 9.73. The fourth-order valence-electron chi connectivity index (χ4n) is 0.642. The molecule has 0 rings (SSSR count). The van der Waals surface area contributed by atoms with Crippen LogP contribution < -0.4 is 11.0 Å². The smallest absolute Gasteiger partial charge is 0.283 e. The quantitative estimate of drug-likeness (QED) is 0.277. The third-order valence-corrected chi connectivity index (χ3v) is 1.42. The molecule has 0 heterocycles. The second-order valence-electron chi connectivity index (χ2n) is 2.28. The first kappa shape index (κ1) is 12.1. The second kappa shape index (κ2) is 9.21. The molecule has 0 aliphatic rings. The van der Waals surface area contributed by atoms with Crippen molar-refractivity contribution in [3.8, 4) is 0 Å². The Hall–Kier alpha value is -0.880. The number of unbranched alkanes of at least 4 members (excludes halogenated alkanes) is 2. The van der Waals surface area contributed by atoms with E-state index in [9.17, 15) is 4.79 Å². The van der Waals surface area contributed by atoms with Crippen molar-refractivity contribution in [1.82, 2.24) is 11.0 Å². The summed E-state index contributed by atoms with van der Waals surface area (Å²) in [5, 5.41) is 0.116. The predicted molar refractivity (Wildman–Crippen MR) is 51.5 cm³/mol. The summed E-state index contributed by atoms with van der Waals surface area (Å²) in [5.74, 6) is 0. The van der Waals surface area contributed by atoms with Gasteiger partial charge in [-0.1, -0.05) is 19.8 Å². The van der Waals surface area contributed by atoms with Crippen LogP contribution in [0.25, 0.3) is 0 Å². The lowest BCUT2D eigenvalue weighted by atomic mass is 10.3. The first-order valence-electron chi connectivity index (χ1n) is 4.09. The van der Waals surface area contributed by atoms with E-state index in [2.05, 4.69) is 17.3 Å². The molecule has 0 unspecified atom stereocenters. The first-order chi connectivity index (χ1) is 6.31. The van der Waals surface area contributed by atoms with E-state index in [1.54, 1.807) is 0 Å². The number of nitrogens with one attached hydrogen (secondary N) is 2. The summed E-state index contributed by atoms with van der Waals surface area (Å²) in [4.78, 5) is 14.1. The zero-order valence-corrected chi connectivity index (χ0v) is 8.36. The molecule has 0 atom stereocenters. The van der Waals surface area contributed by atoms with Gasteiger partial charge in [-0.05, 0) is 18.6 Å². The molecule has 0 radical (unpaired) electrons. The van der Waals surface area contributed by atoms with Gasteiger partial charge in [-0.15, -0.1) is 0 Å². The van der Waals surface area contributed by atoms with Gasteiger partial charge in [0.25, 0.3) is 5.17 Å². The molecule has 0 aromatic carbocycles. The molecule has 6 heteroatoms. The Balaban J connectivity index is 3.15. The first-order valence-corrected chi connectivity index (χ1v) is 4.49. The van der Waals surface area contributed by atoms with Gasteiger partial charge in [-0.3, -0.25) is 4.79 Å². The van der Waals surface area contributed by atoms with E-state index in [1.807, 2.05) is 5.48 Å². The highest BCUT2D eigenvalue weighted by atomic mass is 32.1. The molecule has 0 saturated carbocycles. The monoisotopic (exact) mass is 206 g/mol. The molecule has 1 amide bonds. The molecule has 0 aromatic heterocycles. The van der Waals surface area contributed by atoms with E-state index in [4.69, 9.17) is 17.0 Å². The van der Waals surface area contributed by atoms with Gasteiger partial charge in [0.15, 0.2) is 0 Å². The minimum Gasteiger partial charge on any atom is -0.470 e. The van der Waals surface area contributed by atoms with Crippen molar-refractivity contribution >= 4 is 23.8 Å². The van der Waals surface area contributed by atoms with Gasteiger partial charge in [-0.25, -0.2) is 5.48 Å². The van der Waals surface area contributed by atoms with Crippen molar-refractivity contribution in [3.05, 3.63) is 0 Å². The molecule has 13 heavy (non-hydrogen) atoms. The maximum absolute atomic E-state index is 9.73. The largest absolute Gasteiger partial charge is 0.470 e. The Morgan fingerprint density at radius 2 is 2.31 bits per heavy atom. The topological polar surface area (TPSA) is 59.6 Å². The molecule has 0 aromatic rings. The number of hydrogen-bond donors (Lipinski definition) is 2. The van der Waals surface area contributed by atoms with Crippen LogP contribution in [0.2, 0.25) is 0 Å². The van der Waals surface area contributed by atoms with Crippen molar-refractivity contribution in [2.45, 2.75) is 26.2 Å². The van der Waals surface area contributed by atoms with Gasteiger partial charge in [-0.2, -0.15) is 10.4 Å². The third kappa shape index (κ3) is 9.03. The summed E-state index contributed by atoms with van der Waals surface area (Å²) < 4.78 is 5.03. The lowest BCUT2D eigenvalue weighted by molar-refractivity contribution is -0.124. The molecule has 0 saturated heterocycles. The summed E-state index contributed by atoms with van der Waals surface area (Å²) in [6.07, 6.45) is 3.58. The molecule has 0 spiro atoms. The van der Waals surface area contributed by atoms with E-state index < -0.39 is 0 Å². The van der Waals surface area contributed by atoms with Crippen LogP contribution >= 0.6 is 12.2 Å². The van der Waals surface area contributed by atoms with Crippen LogP contribution in [-0.4, -0.2) is 18.2 Å². The standard InChI is InChI=1S/C7H14N2O3S/c1-2-3-4-5-11-7(13)9-12-8-6-10/h6H,2-5H2,1H3,(H,8,10)(H,9,13). The molecule has 5 nitrogen and oxygen atoms in total. The molecule has 0 aliphatic carbocycles. The van der Waals surface area contributed by atoms with Gasteiger partial charge >= 0.3 is 0 Å². The van der Waals surface area contributed by atoms with Crippen LogP contribution in [0, 0.1) is 0 Å². The minimum absolute atomic E-state index is 0.116. The SMILES string of the molecule is CCCCCOC(=S)NONC=O. The third-order valence-electron chi connectivity index (χ3n) is 1.22. The molecular formula is C7H14N2O3S. The number of hydroxylamine groups is 2. The van der Waals surface area contributed by atoms with Gasteiger partial charge in [0.05, 0.1) is 6.61 Å². The number of carbonyl (C=O) groups excluding carboxylic acids is 1. The zero-order chi connectivity index (χ0) is 9.94. The number of amides is 1.